The molecule has 4 heteroatoms. The highest BCUT2D eigenvalue weighted by Crippen LogP contribution is 2.20. The monoisotopic (exact) mass is 268 g/mol. The van der Waals surface area contributed by atoms with Crippen molar-refractivity contribution in [3.05, 3.63) is 47.7 Å². The quantitative estimate of drug-likeness (QED) is 0.632. The zero-order valence-electron chi connectivity index (χ0n) is 11.6. The van der Waals surface area contributed by atoms with E-state index in [2.05, 4.69) is 6.07 Å². The van der Waals surface area contributed by atoms with Crippen molar-refractivity contribution in [1.29, 1.82) is 5.26 Å². The number of benzene rings is 1. The van der Waals surface area contributed by atoms with E-state index >= 15 is 0 Å². The Balaban J connectivity index is 2.34. The lowest BCUT2D eigenvalue weighted by Crippen LogP contribution is -2.05. The third-order valence-corrected chi connectivity index (χ3v) is 3.30. The summed E-state index contributed by atoms with van der Waals surface area (Å²) in [6.07, 6.45) is 4.42. The Morgan fingerprint density at radius 3 is 2.90 bits per heavy atom. The van der Waals surface area contributed by atoms with Crippen LogP contribution in [0.1, 0.15) is 18.9 Å². The van der Waals surface area contributed by atoms with Crippen LogP contribution in [0.4, 0.5) is 0 Å². The number of nitrogens with zero attached hydrogens (tertiary/aromatic N) is 2. The molecule has 102 valence electrons. The second-order valence-electron chi connectivity index (χ2n) is 4.39. The maximum Gasteiger partial charge on any atom is 0.333 e. The summed E-state index contributed by atoms with van der Waals surface area (Å²) in [5, 5.41) is 10.0. The molecule has 2 rings (SSSR count). The highest BCUT2D eigenvalue weighted by Gasteiger charge is 2.08. The molecule has 0 aliphatic rings. The highest BCUT2D eigenvalue weighted by atomic mass is 16.5. The minimum absolute atomic E-state index is 0.290. The van der Waals surface area contributed by atoms with Gasteiger partial charge in [-0.15, -0.1) is 0 Å². The normalized spacial score (nSPS) is 11.3. The molecule has 0 spiro atoms. The number of carbonyl (C=O) groups excluding carboxylic acids is 1. The van der Waals surface area contributed by atoms with Crippen molar-refractivity contribution in [2.24, 2.45) is 0 Å². The maximum atomic E-state index is 11.5. The van der Waals surface area contributed by atoms with Crippen LogP contribution in [0.25, 0.3) is 10.9 Å². The van der Waals surface area contributed by atoms with E-state index in [0.29, 0.717) is 24.1 Å². The molecule has 0 aliphatic carbocycles. The number of hydrogen-bond donors (Lipinski definition) is 0. The minimum atomic E-state index is -0.290. The topological polar surface area (TPSA) is 55.0 Å². The van der Waals surface area contributed by atoms with Gasteiger partial charge in [-0.3, -0.25) is 0 Å². The fourth-order valence-corrected chi connectivity index (χ4v) is 2.19. The van der Waals surface area contributed by atoms with Gasteiger partial charge in [0.15, 0.2) is 0 Å². The zero-order chi connectivity index (χ0) is 14.5. The maximum absolute atomic E-state index is 11.5. The first-order valence-electron chi connectivity index (χ1n) is 6.46. The van der Waals surface area contributed by atoms with Crippen LogP contribution >= 0.6 is 0 Å². The molecule has 0 radical (unpaired) electrons. The van der Waals surface area contributed by atoms with E-state index in [9.17, 15) is 4.79 Å². The number of ether oxygens (including phenoxy) is 1. The third-order valence-electron chi connectivity index (χ3n) is 3.30. The standard InChI is InChI=1S/C16H16N2O2/c1-3-12(16(19)20-2)7-9-18-10-8-14-13(11-17)5-4-6-15(14)18/h4-8,10H,3,9H2,1-2H3/b12-7-. The molecule has 0 saturated heterocycles. The molecule has 1 aromatic carbocycles. The van der Waals surface area contributed by atoms with Crippen molar-refractivity contribution in [1.82, 2.24) is 4.57 Å². The summed E-state index contributed by atoms with van der Waals surface area (Å²) in [7, 11) is 1.39. The third kappa shape index (κ3) is 2.57. The van der Waals surface area contributed by atoms with Gasteiger partial charge in [0.1, 0.15) is 0 Å². The summed E-state index contributed by atoms with van der Waals surface area (Å²) in [4.78, 5) is 11.5. The molecule has 0 N–H and O–H groups in total. The van der Waals surface area contributed by atoms with Crippen LogP contribution in [0.3, 0.4) is 0 Å². The van der Waals surface area contributed by atoms with Gasteiger partial charge in [0, 0.05) is 29.2 Å². The lowest BCUT2D eigenvalue weighted by Gasteiger charge is -2.05. The molecule has 0 amide bonds. The molecule has 20 heavy (non-hydrogen) atoms. The van der Waals surface area contributed by atoms with Gasteiger partial charge in [-0.25, -0.2) is 4.79 Å². The molecular formula is C16H16N2O2. The first kappa shape index (κ1) is 13.9. The number of esters is 1. The Morgan fingerprint density at radius 1 is 1.45 bits per heavy atom. The SMILES string of the molecule is CC/C(=C/Cn1ccc2c(C#N)cccc21)C(=O)OC. The van der Waals surface area contributed by atoms with Crippen LogP contribution < -0.4 is 0 Å². The van der Waals surface area contributed by atoms with Crippen molar-refractivity contribution in [2.75, 3.05) is 7.11 Å². The summed E-state index contributed by atoms with van der Waals surface area (Å²) >= 11 is 0. The number of carbonyl (C=O) groups is 1. The molecular weight excluding hydrogens is 252 g/mol. The molecule has 0 aliphatic heterocycles. The van der Waals surface area contributed by atoms with Gasteiger partial charge in [-0.1, -0.05) is 19.1 Å². The van der Waals surface area contributed by atoms with E-state index in [0.717, 1.165) is 10.9 Å². The highest BCUT2D eigenvalue weighted by molar-refractivity contribution is 5.88. The molecule has 0 fully saturated rings. The fourth-order valence-electron chi connectivity index (χ4n) is 2.19. The first-order valence-corrected chi connectivity index (χ1v) is 6.46. The summed E-state index contributed by atoms with van der Waals surface area (Å²) in [5.41, 5.74) is 2.31. The summed E-state index contributed by atoms with van der Waals surface area (Å²) in [6, 6.07) is 9.74. The molecule has 0 unspecified atom stereocenters. The van der Waals surface area contributed by atoms with Crippen LogP contribution in [-0.4, -0.2) is 17.6 Å². The molecule has 2 aromatic rings. The van der Waals surface area contributed by atoms with Crippen LogP contribution in [0.5, 0.6) is 0 Å². The van der Waals surface area contributed by atoms with Crippen LogP contribution in [0.15, 0.2) is 42.1 Å². The molecule has 0 atom stereocenters. The lowest BCUT2D eigenvalue weighted by atomic mass is 10.1. The second kappa shape index (κ2) is 6.07. The number of hydrogen-bond acceptors (Lipinski definition) is 3. The number of nitriles is 1. The summed E-state index contributed by atoms with van der Waals surface area (Å²) in [6.45, 7) is 2.50. The summed E-state index contributed by atoms with van der Waals surface area (Å²) < 4.78 is 6.75. The van der Waals surface area contributed by atoms with Crippen LogP contribution in [-0.2, 0) is 16.1 Å². The Kier molecular flexibility index (Phi) is 4.21. The van der Waals surface area contributed by atoms with Crippen molar-refractivity contribution in [2.45, 2.75) is 19.9 Å². The van der Waals surface area contributed by atoms with E-state index in [4.69, 9.17) is 10.00 Å². The predicted octanol–water partition coefficient (Wildman–Crippen LogP) is 3.02. The van der Waals surface area contributed by atoms with E-state index < -0.39 is 0 Å². The van der Waals surface area contributed by atoms with Crippen LogP contribution in [0, 0.1) is 11.3 Å². The fraction of sp³-hybridized carbons (Fsp3) is 0.250. The van der Waals surface area contributed by atoms with E-state index in [-0.39, 0.29) is 5.97 Å². The number of rotatable bonds is 4. The average Bonchev–Trinajstić information content (AvgIpc) is 2.90. The van der Waals surface area contributed by atoms with E-state index in [1.54, 1.807) is 6.07 Å². The first-order chi connectivity index (χ1) is 9.71. The number of methoxy groups -OCH3 is 1. The van der Waals surface area contributed by atoms with E-state index in [1.165, 1.54) is 7.11 Å². The Hall–Kier alpha value is -2.54. The second-order valence-corrected chi connectivity index (χ2v) is 4.39. The molecule has 0 bridgehead atoms. The van der Waals surface area contributed by atoms with Gasteiger partial charge in [-0.05, 0) is 24.6 Å². The van der Waals surface area contributed by atoms with Crippen LogP contribution in [0.2, 0.25) is 0 Å². The van der Waals surface area contributed by atoms with Crippen molar-refractivity contribution < 1.29 is 9.53 Å². The van der Waals surface area contributed by atoms with Gasteiger partial charge in [0.25, 0.3) is 0 Å². The summed E-state index contributed by atoms with van der Waals surface area (Å²) in [5.74, 6) is -0.290. The van der Waals surface area contributed by atoms with Crippen molar-refractivity contribution in [3.63, 3.8) is 0 Å². The zero-order valence-corrected chi connectivity index (χ0v) is 11.6. The minimum Gasteiger partial charge on any atom is -0.466 e. The van der Waals surface area contributed by atoms with Gasteiger partial charge in [0.05, 0.1) is 18.7 Å². The smallest absolute Gasteiger partial charge is 0.333 e. The van der Waals surface area contributed by atoms with E-state index in [1.807, 2.05) is 42.0 Å². The molecule has 1 aromatic heterocycles. The molecule has 1 heterocycles. The predicted molar refractivity (Wildman–Crippen MR) is 77.0 cm³/mol. The number of allylic oxidation sites excluding steroid dienone is 1. The Morgan fingerprint density at radius 2 is 2.25 bits per heavy atom. The van der Waals surface area contributed by atoms with Gasteiger partial charge in [-0.2, -0.15) is 5.26 Å². The largest absolute Gasteiger partial charge is 0.466 e. The number of fused-ring (bicyclic) bond motifs is 1. The number of aromatic nitrogens is 1. The van der Waals surface area contributed by atoms with Crippen molar-refractivity contribution in [3.8, 4) is 6.07 Å². The Labute approximate surface area is 117 Å². The van der Waals surface area contributed by atoms with Gasteiger partial charge >= 0.3 is 5.97 Å². The van der Waals surface area contributed by atoms with Gasteiger partial charge in [0.2, 0.25) is 0 Å². The van der Waals surface area contributed by atoms with Gasteiger partial charge < -0.3 is 9.30 Å². The Bertz CT molecular complexity index is 705. The lowest BCUT2D eigenvalue weighted by molar-refractivity contribution is -0.136. The van der Waals surface area contributed by atoms with Crippen molar-refractivity contribution >= 4 is 16.9 Å². The molecule has 4 nitrogen and oxygen atoms in total. The average molecular weight is 268 g/mol. The molecule has 0 saturated carbocycles.